The number of nitrogens with zero attached hydrogens (tertiary/aromatic N) is 1. The molecule has 0 aliphatic heterocycles. The first-order valence-electron chi connectivity index (χ1n) is 6.12. The molecule has 1 aromatic rings. The van der Waals surface area contributed by atoms with Crippen molar-refractivity contribution in [2.24, 2.45) is 5.73 Å². The van der Waals surface area contributed by atoms with Gasteiger partial charge in [0.05, 0.1) is 6.61 Å². The van der Waals surface area contributed by atoms with Gasteiger partial charge in [-0.3, -0.25) is 4.79 Å². The molecule has 4 nitrogen and oxygen atoms in total. The number of hydrogen-bond donors (Lipinski definition) is 1. The van der Waals surface area contributed by atoms with E-state index in [1.54, 1.807) is 11.9 Å². The number of benzene rings is 1. The lowest BCUT2D eigenvalue weighted by Crippen LogP contribution is -2.30. The van der Waals surface area contributed by atoms with E-state index in [0.717, 1.165) is 5.56 Å². The first-order chi connectivity index (χ1) is 8.54. The first-order valence-corrected chi connectivity index (χ1v) is 6.12. The summed E-state index contributed by atoms with van der Waals surface area (Å²) in [5.74, 6) is -0.0246. The molecular formula is C14H22N2O2. The molecule has 1 aromatic carbocycles. The van der Waals surface area contributed by atoms with Crippen LogP contribution >= 0.6 is 0 Å². The molecule has 0 atom stereocenters. The van der Waals surface area contributed by atoms with Gasteiger partial charge >= 0.3 is 0 Å². The van der Waals surface area contributed by atoms with Crippen LogP contribution in [0.25, 0.3) is 0 Å². The lowest BCUT2D eigenvalue weighted by atomic mass is 10.1. The Hall–Kier alpha value is -1.39. The average Bonchev–Trinajstić information content (AvgIpc) is 2.32. The Balaban J connectivity index is 2.53. The highest BCUT2D eigenvalue weighted by atomic mass is 16.5. The Kier molecular flexibility index (Phi) is 5.82. The standard InChI is InChI=1S/C14H22N2O2/c1-11-4-5-13(12(2)8-11)9-16(3)14(17)10-18-7-6-15/h4-5,8H,6-7,9-10,15H2,1-3H3. The number of carbonyl (C=O) groups excluding carboxylic acids is 1. The van der Waals surface area contributed by atoms with Crippen LogP contribution < -0.4 is 5.73 Å². The fourth-order valence-electron chi connectivity index (χ4n) is 1.72. The summed E-state index contributed by atoms with van der Waals surface area (Å²) in [5, 5.41) is 0. The van der Waals surface area contributed by atoms with Gasteiger partial charge in [0.15, 0.2) is 0 Å². The molecule has 0 unspecified atom stereocenters. The highest BCUT2D eigenvalue weighted by molar-refractivity contribution is 5.77. The SMILES string of the molecule is Cc1ccc(CN(C)C(=O)COCCN)c(C)c1. The highest BCUT2D eigenvalue weighted by Crippen LogP contribution is 2.12. The summed E-state index contributed by atoms with van der Waals surface area (Å²) in [4.78, 5) is 13.4. The van der Waals surface area contributed by atoms with Crippen molar-refractivity contribution in [1.29, 1.82) is 0 Å². The average molecular weight is 250 g/mol. The first kappa shape index (κ1) is 14.7. The lowest BCUT2D eigenvalue weighted by molar-refractivity contribution is -0.135. The van der Waals surface area contributed by atoms with Crippen molar-refractivity contribution >= 4 is 5.91 Å². The monoisotopic (exact) mass is 250 g/mol. The molecule has 0 saturated carbocycles. The molecular weight excluding hydrogens is 228 g/mol. The van der Waals surface area contributed by atoms with Crippen LogP contribution in [0.15, 0.2) is 18.2 Å². The Morgan fingerprint density at radius 3 is 2.72 bits per heavy atom. The molecule has 100 valence electrons. The number of hydrogen-bond acceptors (Lipinski definition) is 3. The fourth-order valence-corrected chi connectivity index (χ4v) is 1.72. The molecule has 1 rings (SSSR count). The molecule has 0 fully saturated rings. The number of carbonyl (C=O) groups is 1. The zero-order valence-corrected chi connectivity index (χ0v) is 11.4. The number of rotatable bonds is 6. The molecule has 0 spiro atoms. The summed E-state index contributed by atoms with van der Waals surface area (Å²) in [6.45, 7) is 5.69. The largest absolute Gasteiger partial charge is 0.370 e. The van der Waals surface area contributed by atoms with Gasteiger partial charge in [0.1, 0.15) is 6.61 Å². The number of ether oxygens (including phenoxy) is 1. The number of likely N-dealkylation sites (N-methyl/N-ethyl adjacent to an activating group) is 1. The molecule has 0 aromatic heterocycles. The third-order valence-corrected chi connectivity index (χ3v) is 2.82. The van der Waals surface area contributed by atoms with Gasteiger partial charge in [-0.25, -0.2) is 0 Å². The summed E-state index contributed by atoms with van der Waals surface area (Å²) in [6.07, 6.45) is 0. The van der Waals surface area contributed by atoms with Crippen LogP contribution in [-0.2, 0) is 16.1 Å². The second-order valence-corrected chi connectivity index (χ2v) is 4.52. The summed E-state index contributed by atoms with van der Waals surface area (Å²) >= 11 is 0. The molecule has 0 heterocycles. The van der Waals surface area contributed by atoms with Gasteiger partial charge in [-0.05, 0) is 25.0 Å². The van der Waals surface area contributed by atoms with Gasteiger partial charge in [-0.15, -0.1) is 0 Å². The van der Waals surface area contributed by atoms with E-state index in [9.17, 15) is 4.79 Å². The van der Waals surface area contributed by atoms with Gasteiger partial charge in [0.2, 0.25) is 5.91 Å². The molecule has 2 N–H and O–H groups in total. The van der Waals surface area contributed by atoms with E-state index in [1.165, 1.54) is 11.1 Å². The zero-order valence-electron chi connectivity index (χ0n) is 11.4. The number of aryl methyl sites for hydroxylation is 2. The Bertz CT molecular complexity index is 405. The van der Waals surface area contributed by atoms with E-state index in [1.807, 2.05) is 0 Å². The predicted molar refractivity (Wildman–Crippen MR) is 72.3 cm³/mol. The third-order valence-electron chi connectivity index (χ3n) is 2.82. The van der Waals surface area contributed by atoms with Crippen LogP contribution in [0.5, 0.6) is 0 Å². The van der Waals surface area contributed by atoms with Gasteiger partial charge in [-0.2, -0.15) is 0 Å². The van der Waals surface area contributed by atoms with Gasteiger partial charge in [0, 0.05) is 20.1 Å². The van der Waals surface area contributed by atoms with Crippen molar-refractivity contribution in [2.75, 3.05) is 26.8 Å². The maximum Gasteiger partial charge on any atom is 0.248 e. The van der Waals surface area contributed by atoms with Crippen LogP contribution in [0.3, 0.4) is 0 Å². The van der Waals surface area contributed by atoms with Crippen LogP contribution in [0, 0.1) is 13.8 Å². The van der Waals surface area contributed by atoms with Gasteiger partial charge in [0.25, 0.3) is 0 Å². The smallest absolute Gasteiger partial charge is 0.248 e. The van der Waals surface area contributed by atoms with Crippen LogP contribution in [0.4, 0.5) is 0 Å². The maximum absolute atomic E-state index is 11.8. The molecule has 0 aliphatic rings. The summed E-state index contributed by atoms with van der Waals surface area (Å²) < 4.78 is 5.14. The Morgan fingerprint density at radius 2 is 2.11 bits per heavy atom. The molecule has 0 bridgehead atoms. The lowest BCUT2D eigenvalue weighted by Gasteiger charge is -2.18. The summed E-state index contributed by atoms with van der Waals surface area (Å²) in [7, 11) is 1.79. The van der Waals surface area contributed by atoms with E-state index in [-0.39, 0.29) is 12.5 Å². The zero-order chi connectivity index (χ0) is 13.5. The fraction of sp³-hybridized carbons (Fsp3) is 0.500. The van der Waals surface area contributed by atoms with E-state index in [2.05, 4.69) is 32.0 Å². The second-order valence-electron chi connectivity index (χ2n) is 4.52. The van der Waals surface area contributed by atoms with E-state index in [4.69, 9.17) is 10.5 Å². The van der Waals surface area contributed by atoms with Crippen molar-refractivity contribution in [2.45, 2.75) is 20.4 Å². The third kappa shape index (κ3) is 4.47. The van der Waals surface area contributed by atoms with Gasteiger partial charge in [-0.1, -0.05) is 23.8 Å². The minimum Gasteiger partial charge on any atom is -0.370 e. The maximum atomic E-state index is 11.8. The molecule has 0 aliphatic carbocycles. The number of amides is 1. The second kappa shape index (κ2) is 7.13. The Labute approximate surface area is 109 Å². The molecule has 4 heteroatoms. The quantitative estimate of drug-likeness (QED) is 0.773. The van der Waals surface area contributed by atoms with E-state index >= 15 is 0 Å². The molecule has 18 heavy (non-hydrogen) atoms. The van der Waals surface area contributed by atoms with Crippen molar-refractivity contribution in [3.8, 4) is 0 Å². The molecule has 0 saturated heterocycles. The summed E-state index contributed by atoms with van der Waals surface area (Å²) in [6, 6.07) is 6.25. The summed E-state index contributed by atoms with van der Waals surface area (Å²) in [5.41, 5.74) is 8.90. The van der Waals surface area contributed by atoms with Crippen molar-refractivity contribution in [3.05, 3.63) is 34.9 Å². The van der Waals surface area contributed by atoms with Crippen LogP contribution in [0.1, 0.15) is 16.7 Å². The minimum absolute atomic E-state index is 0.0246. The van der Waals surface area contributed by atoms with Gasteiger partial charge < -0.3 is 15.4 Å². The molecule has 1 amide bonds. The van der Waals surface area contributed by atoms with Crippen molar-refractivity contribution < 1.29 is 9.53 Å². The number of nitrogens with two attached hydrogens (primary N) is 1. The van der Waals surface area contributed by atoms with Crippen molar-refractivity contribution in [1.82, 2.24) is 4.90 Å². The van der Waals surface area contributed by atoms with Crippen LogP contribution in [0.2, 0.25) is 0 Å². The predicted octanol–water partition coefficient (Wildman–Crippen LogP) is 1.24. The van der Waals surface area contributed by atoms with E-state index in [0.29, 0.717) is 19.7 Å². The van der Waals surface area contributed by atoms with E-state index < -0.39 is 0 Å². The highest BCUT2D eigenvalue weighted by Gasteiger charge is 2.10. The van der Waals surface area contributed by atoms with Crippen LogP contribution in [-0.4, -0.2) is 37.6 Å². The topological polar surface area (TPSA) is 55.6 Å². The molecule has 0 radical (unpaired) electrons. The Morgan fingerprint density at radius 1 is 1.39 bits per heavy atom. The minimum atomic E-state index is -0.0246. The van der Waals surface area contributed by atoms with Crippen molar-refractivity contribution in [3.63, 3.8) is 0 Å². The normalized spacial score (nSPS) is 10.4.